The number of fused-ring (bicyclic) bond motifs is 1. The number of nitroso groups, excluding NO2 is 1. The molecule has 0 aliphatic carbocycles. The number of aliphatic carboxylic acids is 1. The van der Waals surface area contributed by atoms with Gasteiger partial charge < -0.3 is 10.4 Å². The molecule has 2 amide bonds. The normalized spacial score (nSPS) is 21.8. The highest BCUT2D eigenvalue weighted by Crippen LogP contribution is 2.43. The standard InChI is InChI=1S/C15H15N3O5S3/c19-10(6-8-2-1-4-24-8)17-11-13(20)18-12(15(21)22)9(7-26-14(11)18)25-5-3-16-23/h1-2,4,11,14H,3,5-7H2,(H,17,19)(H,21,22)/t11-,14+/m1/s1. The van der Waals surface area contributed by atoms with E-state index in [2.05, 4.69) is 10.5 Å². The third kappa shape index (κ3) is 3.79. The highest BCUT2D eigenvalue weighted by atomic mass is 32.2. The van der Waals surface area contributed by atoms with E-state index in [1.807, 2.05) is 17.5 Å². The summed E-state index contributed by atoms with van der Waals surface area (Å²) < 4.78 is 0. The van der Waals surface area contributed by atoms with Crippen LogP contribution in [0.15, 0.2) is 33.3 Å². The van der Waals surface area contributed by atoms with Crippen molar-refractivity contribution in [3.8, 4) is 0 Å². The van der Waals surface area contributed by atoms with E-state index in [0.717, 1.165) is 4.88 Å². The van der Waals surface area contributed by atoms with E-state index in [4.69, 9.17) is 0 Å². The van der Waals surface area contributed by atoms with Crippen molar-refractivity contribution in [3.05, 3.63) is 37.9 Å². The molecule has 1 saturated heterocycles. The van der Waals surface area contributed by atoms with Crippen molar-refractivity contribution in [2.75, 3.05) is 18.1 Å². The fourth-order valence-corrected chi connectivity index (χ4v) is 5.87. The first-order valence-corrected chi connectivity index (χ1v) is 10.6. The summed E-state index contributed by atoms with van der Waals surface area (Å²) in [5.41, 5.74) is -0.0570. The fraction of sp³-hybridized carbons (Fsp3) is 0.400. The molecule has 2 aliphatic heterocycles. The molecule has 26 heavy (non-hydrogen) atoms. The maximum Gasteiger partial charge on any atom is 0.353 e. The Balaban J connectivity index is 1.67. The van der Waals surface area contributed by atoms with Crippen molar-refractivity contribution < 1.29 is 19.5 Å². The molecule has 0 unspecified atom stereocenters. The molecule has 0 spiro atoms. The SMILES string of the molecule is O=NCCSC1=C(C(=O)O)N2C(=O)[C@@H](NC(=O)Cc3cccs3)[C@@H]2SC1. The number of hydrogen-bond donors (Lipinski definition) is 2. The number of thioether (sulfide) groups is 2. The molecule has 1 aromatic heterocycles. The van der Waals surface area contributed by atoms with Crippen LogP contribution in [-0.2, 0) is 20.8 Å². The Morgan fingerprint density at radius 3 is 2.92 bits per heavy atom. The summed E-state index contributed by atoms with van der Waals surface area (Å²) in [5.74, 6) is -1.09. The summed E-state index contributed by atoms with van der Waals surface area (Å²) in [4.78, 5) is 49.1. The number of amides is 2. The second-order valence-corrected chi connectivity index (χ2v) is 8.82. The third-order valence-electron chi connectivity index (χ3n) is 3.83. The molecule has 1 fully saturated rings. The molecule has 3 rings (SSSR count). The summed E-state index contributed by atoms with van der Waals surface area (Å²) in [5, 5.41) is 16.4. The molecule has 2 N–H and O–H groups in total. The number of nitrogens with one attached hydrogen (secondary N) is 1. The molecule has 2 atom stereocenters. The molecule has 11 heteroatoms. The van der Waals surface area contributed by atoms with E-state index in [-0.39, 0.29) is 24.6 Å². The summed E-state index contributed by atoms with van der Waals surface area (Å²) in [6.07, 6.45) is 0.195. The van der Waals surface area contributed by atoms with Gasteiger partial charge >= 0.3 is 5.97 Å². The third-order valence-corrected chi connectivity index (χ3v) is 7.24. The van der Waals surface area contributed by atoms with Crippen molar-refractivity contribution >= 4 is 52.6 Å². The second-order valence-electron chi connectivity index (χ2n) is 5.49. The van der Waals surface area contributed by atoms with Gasteiger partial charge in [-0.2, -0.15) is 4.91 Å². The van der Waals surface area contributed by atoms with Gasteiger partial charge in [0.05, 0.1) is 13.0 Å². The first-order chi connectivity index (χ1) is 12.5. The fourth-order valence-electron chi connectivity index (χ4n) is 2.70. The minimum atomic E-state index is -1.19. The van der Waals surface area contributed by atoms with Gasteiger partial charge in [0.2, 0.25) is 5.91 Å². The maximum atomic E-state index is 12.4. The number of rotatable bonds is 8. The Morgan fingerprint density at radius 1 is 1.46 bits per heavy atom. The molecule has 8 nitrogen and oxygen atoms in total. The molecular weight excluding hydrogens is 398 g/mol. The number of carboxylic acid groups (broad SMARTS) is 1. The average Bonchev–Trinajstić information content (AvgIpc) is 3.12. The van der Waals surface area contributed by atoms with Crippen LogP contribution in [0.2, 0.25) is 0 Å². The molecule has 138 valence electrons. The van der Waals surface area contributed by atoms with E-state index in [9.17, 15) is 24.4 Å². The van der Waals surface area contributed by atoms with Crippen LogP contribution in [0.3, 0.4) is 0 Å². The van der Waals surface area contributed by atoms with Crippen molar-refractivity contribution in [2.24, 2.45) is 5.18 Å². The minimum absolute atomic E-state index is 0.0570. The number of hydrogen-bond acceptors (Lipinski definition) is 8. The molecule has 0 bridgehead atoms. The first kappa shape index (κ1) is 18.9. The number of thiophene rings is 1. The summed E-state index contributed by atoms with van der Waals surface area (Å²) in [6, 6.07) is 2.98. The lowest BCUT2D eigenvalue weighted by molar-refractivity contribution is -0.150. The zero-order valence-corrected chi connectivity index (χ0v) is 15.9. The largest absolute Gasteiger partial charge is 0.477 e. The van der Waals surface area contributed by atoms with E-state index in [1.54, 1.807) is 0 Å². The van der Waals surface area contributed by atoms with Crippen LogP contribution in [-0.4, -0.2) is 57.3 Å². The topological polar surface area (TPSA) is 116 Å². The first-order valence-electron chi connectivity index (χ1n) is 7.67. The molecular formula is C15H15N3O5S3. The number of nitrogens with zero attached hydrogens (tertiary/aromatic N) is 2. The molecule has 0 radical (unpaired) electrons. The van der Waals surface area contributed by atoms with E-state index < -0.39 is 23.3 Å². The molecule has 2 aliphatic rings. The number of β-lactam (4-membered cyclic amide) rings is 1. The van der Waals surface area contributed by atoms with E-state index in [0.29, 0.717) is 16.4 Å². The van der Waals surface area contributed by atoms with Gasteiger partial charge in [0.25, 0.3) is 5.91 Å². The van der Waals surface area contributed by atoms with Crippen LogP contribution >= 0.6 is 34.9 Å². The lowest BCUT2D eigenvalue weighted by Crippen LogP contribution is -2.70. The van der Waals surface area contributed by atoms with Gasteiger partial charge in [-0.25, -0.2) is 4.79 Å². The minimum Gasteiger partial charge on any atom is -0.477 e. The van der Waals surface area contributed by atoms with Crippen LogP contribution in [0, 0.1) is 4.91 Å². The van der Waals surface area contributed by atoms with Crippen LogP contribution in [0.5, 0.6) is 0 Å². The smallest absolute Gasteiger partial charge is 0.353 e. The van der Waals surface area contributed by atoms with Crippen LogP contribution < -0.4 is 5.32 Å². The Morgan fingerprint density at radius 2 is 2.27 bits per heavy atom. The van der Waals surface area contributed by atoms with Gasteiger partial charge in [0.15, 0.2) is 0 Å². The second kappa shape index (κ2) is 8.23. The van der Waals surface area contributed by atoms with Crippen molar-refractivity contribution in [3.63, 3.8) is 0 Å². The Hall–Kier alpha value is -1.85. The molecule has 0 saturated carbocycles. The van der Waals surface area contributed by atoms with Crippen molar-refractivity contribution in [1.29, 1.82) is 0 Å². The summed E-state index contributed by atoms with van der Waals surface area (Å²) in [6.45, 7) is 0.0739. The predicted octanol–water partition coefficient (Wildman–Crippen LogP) is 1.49. The van der Waals surface area contributed by atoms with Gasteiger partial charge in [-0.3, -0.25) is 14.5 Å². The predicted molar refractivity (Wildman–Crippen MR) is 101 cm³/mol. The molecule has 0 aromatic carbocycles. The average molecular weight is 414 g/mol. The van der Waals surface area contributed by atoms with Crippen LogP contribution in [0.1, 0.15) is 4.88 Å². The lowest BCUT2D eigenvalue weighted by Gasteiger charge is -2.49. The maximum absolute atomic E-state index is 12.4. The van der Waals surface area contributed by atoms with Gasteiger partial charge in [-0.15, -0.1) is 34.9 Å². The Bertz CT molecular complexity index is 765. The number of carbonyl (C=O) groups is 3. The summed E-state index contributed by atoms with van der Waals surface area (Å²) in [7, 11) is 0. The van der Waals surface area contributed by atoms with Crippen LogP contribution in [0.25, 0.3) is 0 Å². The van der Waals surface area contributed by atoms with Gasteiger partial charge in [0.1, 0.15) is 17.1 Å². The van der Waals surface area contributed by atoms with E-state index in [1.165, 1.54) is 39.8 Å². The Kier molecular flexibility index (Phi) is 5.99. The van der Waals surface area contributed by atoms with Gasteiger partial charge in [-0.05, 0) is 11.4 Å². The highest BCUT2D eigenvalue weighted by Gasteiger charge is 2.54. The summed E-state index contributed by atoms with van der Waals surface area (Å²) >= 11 is 4.09. The molecule has 1 aromatic rings. The lowest BCUT2D eigenvalue weighted by atomic mass is 10.0. The quantitative estimate of drug-likeness (QED) is 0.377. The van der Waals surface area contributed by atoms with Crippen molar-refractivity contribution in [1.82, 2.24) is 10.2 Å². The zero-order valence-electron chi connectivity index (χ0n) is 13.4. The van der Waals surface area contributed by atoms with E-state index >= 15 is 0 Å². The number of carbonyl (C=O) groups excluding carboxylic acids is 2. The number of carboxylic acids is 1. The van der Waals surface area contributed by atoms with Crippen LogP contribution in [0.4, 0.5) is 0 Å². The zero-order chi connectivity index (χ0) is 18.7. The van der Waals surface area contributed by atoms with Gasteiger partial charge in [-0.1, -0.05) is 11.2 Å². The monoisotopic (exact) mass is 413 g/mol. The Labute approximate surface area is 161 Å². The molecule has 3 heterocycles. The van der Waals surface area contributed by atoms with Gasteiger partial charge in [0, 0.05) is 21.3 Å². The highest BCUT2D eigenvalue weighted by molar-refractivity contribution is 8.06. The van der Waals surface area contributed by atoms with Crippen molar-refractivity contribution in [2.45, 2.75) is 17.8 Å².